The lowest BCUT2D eigenvalue weighted by molar-refractivity contribution is -0.119. The van der Waals surface area contributed by atoms with Crippen LogP contribution in [0.1, 0.15) is 25.5 Å². The van der Waals surface area contributed by atoms with Crippen molar-refractivity contribution >= 4 is 29.1 Å². The Kier molecular flexibility index (Phi) is 4.59. The summed E-state index contributed by atoms with van der Waals surface area (Å²) in [6.45, 7) is 3.62. The van der Waals surface area contributed by atoms with Crippen LogP contribution in [-0.2, 0) is 4.79 Å². The standard InChI is InChI=1S/C11H14Cl2N2O/c1-6(15-7(2)11(14)16)9-4-3-8(12)5-10(9)13/h3-7,15H,1-2H3,(H2,14,16). The van der Waals surface area contributed by atoms with Crippen LogP contribution in [0.25, 0.3) is 0 Å². The molecule has 0 aliphatic rings. The van der Waals surface area contributed by atoms with Gasteiger partial charge in [0.25, 0.3) is 0 Å². The Bertz CT molecular complexity index is 396. The minimum Gasteiger partial charge on any atom is -0.368 e. The maximum atomic E-state index is 10.9. The van der Waals surface area contributed by atoms with Gasteiger partial charge in [-0.15, -0.1) is 0 Å². The molecule has 1 aromatic carbocycles. The van der Waals surface area contributed by atoms with E-state index >= 15 is 0 Å². The molecule has 0 aromatic heterocycles. The maximum absolute atomic E-state index is 10.9. The molecule has 3 N–H and O–H groups in total. The van der Waals surface area contributed by atoms with Crippen LogP contribution in [0.4, 0.5) is 0 Å². The summed E-state index contributed by atoms with van der Waals surface area (Å²) in [6, 6.07) is 4.80. The fraction of sp³-hybridized carbons (Fsp3) is 0.364. The summed E-state index contributed by atoms with van der Waals surface area (Å²) >= 11 is 11.8. The molecule has 3 nitrogen and oxygen atoms in total. The molecular formula is C11H14Cl2N2O. The van der Waals surface area contributed by atoms with E-state index in [1.54, 1.807) is 19.1 Å². The number of nitrogens with two attached hydrogens (primary N) is 1. The van der Waals surface area contributed by atoms with Crippen molar-refractivity contribution in [2.75, 3.05) is 0 Å². The average Bonchev–Trinajstić information content (AvgIpc) is 2.16. The van der Waals surface area contributed by atoms with Crippen LogP contribution in [0.2, 0.25) is 10.0 Å². The van der Waals surface area contributed by atoms with E-state index in [-0.39, 0.29) is 6.04 Å². The monoisotopic (exact) mass is 260 g/mol. The second-order valence-electron chi connectivity index (χ2n) is 3.68. The zero-order chi connectivity index (χ0) is 12.3. The second kappa shape index (κ2) is 5.53. The number of amides is 1. The third-order valence-corrected chi connectivity index (χ3v) is 2.92. The number of halogens is 2. The molecule has 0 spiro atoms. The number of hydrogen-bond acceptors (Lipinski definition) is 2. The number of hydrogen-bond donors (Lipinski definition) is 2. The van der Waals surface area contributed by atoms with Gasteiger partial charge in [0.1, 0.15) is 0 Å². The number of carbonyl (C=O) groups excluding carboxylic acids is 1. The Morgan fingerprint density at radius 1 is 1.38 bits per heavy atom. The van der Waals surface area contributed by atoms with Crippen molar-refractivity contribution < 1.29 is 4.79 Å². The first-order valence-electron chi connectivity index (χ1n) is 4.92. The highest BCUT2D eigenvalue weighted by Gasteiger charge is 2.15. The van der Waals surface area contributed by atoms with E-state index in [4.69, 9.17) is 28.9 Å². The number of nitrogens with one attached hydrogen (secondary N) is 1. The minimum atomic E-state index is -0.401. The molecule has 88 valence electrons. The van der Waals surface area contributed by atoms with Gasteiger partial charge < -0.3 is 5.73 Å². The maximum Gasteiger partial charge on any atom is 0.234 e. The summed E-state index contributed by atoms with van der Waals surface area (Å²) in [4.78, 5) is 10.9. The summed E-state index contributed by atoms with van der Waals surface area (Å²) in [7, 11) is 0. The largest absolute Gasteiger partial charge is 0.368 e. The topological polar surface area (TPSA) is 55.1 Å². The molecule has 0 fully saturated rings. The molecule has 0 saturated carbocycles. The van der Waals surface area contributed by atoms with Crippen LogP contribution in [0.15, 0.2) is 18.2 Å². The Balaban J connectivity index is 2.80. The van der Waals surface area contributed by atoms with Gasteiger partial charge in [0.15, 0.2) is 0 Å². The Morgan fingerprint density at radius 3 is 2.50 bits per heavy atom. The van der Waals surface area contributed by atoms with Crippen LogP contribution in [-0.4, -0.2) is 11.9 Å². The summed E-state index contributed by atoms with van der Waals surface area (Å²) in [6.07, 6.45) is 0. The van der Waals surface area contributed by atoms with Crippen molar-refractivity contribution in [3.63, 3.8) is 0 Å². The first-order valence-corrected chi connectivity index (χ1v) is 5.67. The third-order valence-electron chi connectivity index (χ3n) is 2.36. The molecule has 0 saturated heterocycles. The first kappa shape index (κ1) is 13.3. The fourth-order valence-electron chi connectivity index (χ4n) is 1.40. The van der Waals surface area contributed by atoms with Gasteiger partial charge in [-0.2, -0.15) is 0 Å². The van der Waals surface area contributed by atoms with E-state index in [1.807, 2.05) is 13.0 Å². The molecule has 0 aliphatic heterocycles. The number of benzene rings is 1. The highest BCUT2D eigenvalue weighted by atomic mass is 35.5. The fourth-order valence-corrected chi connectivity index (χ4v) is 1.97. The van der Waals surface area contributed by atoms with Crippen molar-refractivity contribution in [2.24, 2.45) is 5.73 Å². The predicted molar refractivity (Wildman–Crippen MR) is 66.7 cm³/mol. The second-order valence-corrected chi connectivity index (χ2v) is 4.52. The zero-order valence-electron chi connectivity index (χ0n) is 9.13. The van der Waals surface area contributed by atoms with Gasteiger partial charge in [0.2, 0.25) is 5.91 Å². The number of carbonyl (C=O) groups is 1. The van der Waals surface area contributed by atoms with Gasteiger partial charge in [0.05, 0.1) is 6.04 Å². The lowest BCUT2D eigenvalue weighted by Crippen LogP contribution is -2.40. The molecule has 0 heterocycles. The molecule has 2 atom stereocenters. The lowest BCUT2D eigenvalue weighted by Gasteiger charge is -2.19. The van der Waals surface area contributed by atoms with Gasteiger partial charge in [-0.05, 0) is 31.5 Å². The van der Waals surface area contributed by atoms with Crippen molar-refractivity contribution in [2.45, 2.75) is 25.9 Å². The SMILES string of the molecule is CC(NC(C)c1ccc(Cl)cc1Cl)C(N)=O. The highest BCUT2D eigenvalue weighted by Crippen LogP contribution is 2.26. The van der Waals surface area contributed by atoms with Crippen molar-refractivity contribution in [1.82, 2.24) is 5.32 Å². The zero-order valence-corrected chi connectivity index (χ0v) is 10.6. The molecule has 5 heteroatoms. The van der Waals surface area contributed by atoms with Crippen LogP contribution in [0.5, 0.6) is 0 Å². The molecule has 0 aliphatic carbocycles. The van der Waals surface area contributed by atoms with E-state index in [0.29, 0.717) is 10.0 Å². The van der Waals surface area contributed by atoms with E-state index in [9.17, 15) is 4.79 Å². The molecular weight excluding hydrogens is 247 g/mol. The summed E-state index contributed by atoms with van der Waals surface area (Å²) in [5, 5.41) is 4.21. The third kappa shape index (κ3) is 3.37. The number of primary amides is 1. The highest BCUT2D eigenvalue weighted by molar-refractivity contribution is 6.35. The summed E-state index contributed by atoms with van der Waals surface area (Å²) in [5.41, 5.74) is 6.06. The van der Waals surface area contributed by atoms with Crippen LogP contribution in [0.3, 0.4) is 0 Å². The predicted octanol–water partition coefficient (Wildman–Crippen LogP) is 2.52. The summed E-state index contributed by atoms with van der Waals surface area (Å²) in [5.74, 6) is -0.392. The smallest absolute Gasteiger partial charge is 0.234 e. The van der Waals surface area contributed by atoms with Gasteiger partial charge in [-0.25, -0.2) is 0 Å². The van der Waals surface area contributed by atoms with Gasteiger partial charge in [-0.1, -0.05) is 29.3 Å². The van der Waals surface area contributed by atoms with Gasteiger partial charge >= 0.3 is 0 Å². The normalized spacial score (nSPS) is 14.5. The molecule has 16 heavy (non-hydrogen) atoms. The van der Waals surface area contributed by atoms with Crippen molar-refractivity contribution in [3.05, 3.63) is 33.8 Å². The average molecular weight is 261 g/mol. The van der Waals surface area contributed by atoms with Crippen molar-refractivity contribution in [3.8, 4) is 0 Å². The minimum absolute atomic E-state index is 0.0627. The molecule has 1 amide bonds. The Morgan fingerprint density at radius 2 is 2.00 bits per heavy atom. The molecule has 1 aromatic rings. The molecule has 2 unspecified atom stereocenters. The molecule has 0 bridgehead atoms. The van der Waals surface area contributed by atoms with Gasteiger partial charge in [0, 0.05) is 16.1 Å². The van der Waals surface area contributed by atoms with Crippen molar-refractivity contribution in [1.29, 1.82) is 0 Å². The first-order chi connectivity index (χ1) is 7.41. The Labute approximate surface area is 105 Å². The van der Waals surface area contributed by atoms with Crippen LogP contribution >= 0.6 is 23.2 Å². The summed E-state index contributed by atoms with van der Waals surface area (Å²) < 4.78 is 0. The van der Waals surface area contributed by atoms with Crippen LogP contribution < -0.4 is 11.1 Å². The molecule has 1 rings (SSSR count). The van der Waals surface area contributed by atoms with Crippen LogP contribution in [0, 0.1) is 0 Å². The lowest BCUT2D eigenvalue weighted by atomic mass is 10.1. The van der Waals surface area contributed by atoms with E-state index in [0.717, 1.165) is 5.56 Å². The van der Waals surface area contributed by atoms with E-state index < -0.39 is 11.9 Å². The van der Waals surface area contributed by atoms with E-state index in [1.165, 1.54) is 0 Å². The molecule has 0 radical (unpaired) electrons. The van der Waals surface area contributed by atoms with E-state index in [2.05, 4.69) is 5.32 Å². The number of rotatable bonds is 4. The Hall–Kier alpha value is -0.770. The quantitative estimate of drug-likeness (QED) is 0.874. The van der Waals surface area contributed by atoms with Gasteiger partial charge in [-0.3, -0.25) is 10.1 Å².